The number of rotatable bonds is 2. The average Bonchev–Trinajstić information content (AvgIpc) is 2.43. The molecule has 92 valence electrons. The normalized spacial score (nSPS) is 25.9. The highest BCUT2D eigenvalue weighted by Gasteiger charge is 2.43. The summed E-state index contributed by atoms with van der Waals surface area (Å²) in [6, 6.07) is -1.16. The first kappa shape index (κ1) is 13.1. The number of amides is 1. The highest BCUT2D eigenvalue weighted by atomic mass is 32.2. The minimum atomic E-state index is -4.60. The van der Waals surface area contributed by atoms with Crippen LogP contribution in [0.3, 0.4) is 0 Å². The molecule has 0 aromatic heterocycles. The van der Waals surface area contributed by atoms with Crippen molar-refractivity contribution in [2.24, 2.45) is 0 Å². The lowest BCUT2D eigenvalue weighted by atomic mass is 10.2. The summed E-state index contributed by atoms with van der Waals surface area (Å²) in [6.45, 7) is 1.52. The Morgan fingerprint density at radius 3 is 2.50 bits per heavy atom. The van der Waals surface area contributed by atoms with Crippen LogP contribution >= 0.6 is 11.8 Å². The fourth-order valence-corrected chi connectivity index (χ4v) is 2.66. The summed E-state index contributed by atoms with van der Waals surface area (Å²) in [7, 11) is 0. The van der Waals surface area contributed by atoms with Crippen LogP contribution in [0.5, 0.6) is 0 Å². The van der Waals surface area contributed by atoms with Crippen molar-refractivity contribution in [3.63, 3.8) is 0 Å². The Morgan fingerprint density at radius 2 is 2.06 bits per heavy atom. The molecule has 1 aliphatic rings. The molecule has 1 N–H and O–H groups in total. The maximum absolute atomic E-state index is 12.0. The largest absolute Gasteiger partial charge is 0.480 e. The number of carboxylic acid groups (broad SMARTS) is 1. The van der Waals surface area contributed by atoms with Gasteiger partial charge in [0, 0.05) is 5.75 Å². The van der Waals surface area contributed by atoms with Crippen LogP contribution in [0.25, 0.3) is 0 Å². The van der Waals surface area contributed by atoms with E-state index in [4.69, 9.17) is 5.11 Å². The number of halogens is 3. The molecule has 1 aliphatic heterocycles. The highest BCUT2D eigenvalue weighted by molar-refractivity contribution is 8.00. The standard InChI is InChI=1S/C8H10F3NO3S/c1-4-12(5(3-16-4)7(14)15)6(13)2-8(9,10)11/h4-5H,2-3H2,1H3,(H,14,15). The van der Waals surface area contributed by atoms with Crippen LogP contribution in [-0.4, -0.2) is 45.2 Å². The van der Waals surface area contributed by atoms with Gasteiger partial charge >= 0.3 is 12.1 Å². The Bertz CT molecular complexity index is 307. The van der Waals surface area contributed by atoms with E-state index in [9.17, 15) is 22.8 Å². The van der Waals surface area contributed by atoms with Gasteiger partial charge in [0.1, 0.15) is 12.5 Å². The molecule has 0 radical (unpaired) electrons. The first-order chi connectivity index (χ1) is 7.22. The van der Waals surface area contributed by atoms with Crippen molar-refractivity contribution in [3.8, 4) is 0 Å². The van der Waals surface area contributed by atoms with Crippen LogP contribution in [-0.2, 0) is 9.59 Å². The van der Waals surface area contributed by atoms with Gasteiger partial charge in [0.2, 0.25) is 5.91 Å². The van der Waals surface area contributed by atoms with Gasteiger partial charge in [-0.2, -0.15) is 13.2 Å². The first-order valence-electron chi connectivity index (χ1n) is 4.44. The smallest absolute Gasteiger partial charge is 0.397 e. The van der Waals surface area contributed by atoms with Crippen LogP contribution < -0.4 is 0 Å². The van der Waals surface area contributed by atoms with Crippen LogP contribution in [0.2, 0.25) is 0 Å². The third kappa shape index (κ3) is 3.03. The lowest BCUT2D eigenvalue weighted by Crippen LogP contribution is -2.46. The lowest BCUT2D eigenvalue weighted by Gasteiger charge is -2.25. The molecular weight excluding hydrogens is 247 g/mol. The molecule has 1 amide bonds. The monoisotopic (exact) mass is 257 g/mol. The molecule has 2 unspecified atom stereocenters. The number of hydrogen-bond acceptors (Lipinski definition) is 3. The fourth-order valence-electron chi connectivity index (χ4n) is 1.47. The summed E-state index contributed by atoms with van der Waals surface area (Å²) in [5.41, 5.74) is 0. The SMILES string of the molecule is CC1SCC(C(=O)O)N1C(=O)CC(F)(F)F. The molecule has 4 nitrogen and oxygen atoms in total. The van der Waals surface area contributed by atoms with Gasteiger partial charge in [0.25, 0.3) is 0 Å². The molecule has 0 aromatic rings. The molecule has 0 aliphatic carbocycles. The van der Waals surface area contributed by atoms with Gasteiger partial charge in [-0.1, -0.05) is 0 Å². The Hall–Kier alpha value is -0.920. The van der Waals surface area contributed by atoms with Gasteiger partial charge < -0.3 is 10.0 Å². The van der Waals surface area contributed by atoms with Crippen molar-refractivity contribution in [2.45, 2.75) is 30.9 Å². The Kier molecular flexibility index (Phi) is 3.72. The summed E-state index contributed by atoms with van der Waals surface area (Å²) in [5, 5.41) is 8.23. The molecule has 16 heavy (non-hydrogen) atoms. The minimum absolute atomic E-state index is 0.125. The highest BCUT2D eigenvalue weighted by Crippen LogP contribution is 2.31. The van der Waals surface area contributed by atoms with E-state index in [1.165, 1.54) is 6.92 Å². The molecule has 0 bridgehead atoms. The van der Waals surface area contributed by atoms with Gasteiger partial charge in [0.15, 0.2) is 0 Å². The summed E-state index contributed by atoms with van der Waals surface area (Å²) in [4.78, 5) is 22.8. The Balaban J connectivity index is 2.76. The van der Waals surface area contributed by atoms with Crippen molar-refractivity contribution in [3.05, 3.63) is 0 Å². The number of carboxylic acids is 1. The molecule has 2 atom stereocenters. The second kappa shape index (κ2) is 4.52. The van der Waals surface area contributed by atoms with Gasteiger partial charge in [-0.05, 0) is 6.92 Å². The summed E-state index contributed by atoms with van der Waals surface area (Å²) < 4.78 is 36.0. The maximum atomic E-state index is 12.0. The third-order valence-electron chi connectivity index (χ3n) is 2.15. The predicted octanol–water partition coefficient (Wildman–Crippen LogP) is 1.31. The van der Waals surface area contributed by atoms with E-state index in [1.807, 2.05) is 0 Å². The number of carbonyl (C=O) groups is 2. The topological polar surface area (TPSA) is 57.6 Å². The summed E-state index contributed by atoms with van der Waals surface area (Å²) in [5.74, 6) is -2.33. The zero-order valence-corrected chi connectivity index (χ0v) is 9.14. The molecule has 0 aromatic carbocycles. The molecule has 1 fully saturated rings. The number of carbonyl (C=O) groups excluding carboxylic acids is 1. The number of thioether (sulfide) groups is 1. The minimum Gasteiger partial charge on any atom is -0.480 e. The lowest BCUT2D eigenvalue weighted by molar-refractivity contribution is -0.166. The van der Waals surface area contributed by atoms with Gasteiger partial charge in [0.05, 0.1) is 5.37 Å². The van der Waals surface area contributed by atoms with Crippen LogP contribution in [0, 0.1) is 0 Å². The molecule has 1 heterocycles. The van der Waals surface area contributed by atoms with Gasteiger partial charge in [-0.15, -0.1) is 11.8 Å². The van der Waals surface area contributed by atoms with Gasteiger partial charge in [-0.3, -0.25) is 4.79 Å². The first-order valence-corrected chi connectivity index (χ1v) is 5.49. The van der Waals surface area contributed by atoms with E-state index in [1.54, 1.807) is 0 Å². The van der Waals surface area contributed by atoms with E-state index in [2.05, 4.69) is 0 Å². The van der Waals surface area contributed by atoms with Crippen molar-refractivity contribution in [2.75, 3.05) is 5.75 Å². The molecule has 1 rings (SSSR count). The average molecular weight is 257 g/mol. The molecule has 1 saturated heterocycles. The zero-order valence-electron chi connectivity index (χ0n) is 8.32. The molecule has 0 saturated carbocycles. The molecular formula is C8H10F3NO3S. The van der Waals surface area contributed by atoms with Crippen molar-refractivity contribution < 1.29 is 27.9 Å². The van der Waals surface area contributed by atoms with Crippen LogP contribution in [0.4, 0.5) is 13.2 Å². The third-order valence-corrected chi connectivity index (χ3v) is 3.37. The molecule has 8 heteroatoms. The van der Waals surface area contributed by atoms with E-state index in [0.29, 0.717) is 0 Å². The van der Waals surface area contributed by atoms with E-state index in [0.717, 1.165) is 16.7 Å². The number of aliphatic carboxylic acids is 1. The van der Waals surface area contributed by atoms with Crippen molar-refractivity contribution in [1.82, 2.24) is 4.90 Å². The maximum Gasteiger partial charge on any atom is 0.397 e. The van der Waals surface area contributed by atoms with Crippen molar-refractivity contribution in [1.29, 1.82) is 0 Å². The Morgan fingerprint density at radius 1 is 1.50 bits per heavy atom. The summed E-state index contributed by atoms with van der Waals surface area (Å²) >= 11 is 1.15. The summed E-state index contributed by atoms with van der Waals surface area (Å²) in [6.07, 6.45) is -6.21. The van der Waals surface area contributed by atoms with Gasteiger partial charge in [-0.25, -0.2) is 4.79 Å². The van der Waals surface area contributed by atoms with Crippen LogP contribution in [0.1, 0.15) is 13.3 Å². The van der Waals surface area contributed by atoms with E-state index >= 15 is 0 Å². The van der Waals surface area contributed by atoms with Crippen molar-refractivity contribution >= 4 is 23.6 Å². The number of nitrogens with zero attached hydrogens (tertiary/aromatic N) is 1. The fraction of sp³-hybridized carbons (Fsp3) is 0.750. The van der Waals surface area contributed by atoms with E-state index < -0.39 is 35.9 Å². The van der Waals surface area contributed by atoms with E-state index in [-0.39, 0.29) is 5.75 Å². The van der Waals surface area contributed by atoms with Crippen LogP contribution in [0.15, 0.2) is 0 Å². The second-order valence-corrected chi connectivity index (χ2v) is 4.73. The number of alkyl halides is 3. The number of hydrogen-bond donors (Lipinski definition) is 1. The predicted molar refractivity (Wildman–Crippen MR) is 50.9 cm³/mol. The zero-order chi connectivity index (χ0) is 12.5. The Labute approximate surface area is 93.8 Å². The molecule has 0 spiro atoms. The second-order valence-electron chi connectivity index (χ2n) is 3.38. The quantitative estimate of drug-likeness (QED) is 0.810.